The second-order valence-electron chi connectivity index (χ2n) is 7.36. The molecule has 0 bridgehead atoms. The van der Waals surface area contributed by atoms with Crippen LogP contribution >= 0.6 is 0 Å². The van der Waals surface area contributed by atoms with Gasteiger partial charge in [0.1, 0.15) is 0 Å². The Morgan fingerprint density at radius 3 is 2.32 bits per heavy atom. The van der Waals surface area contributed by atoms with Gasteiger partial charge in [-0.05, 0) is 37.0 Å². The van der Waals surface area contributed by atoms with Gasteiger partial charge in [-0.3, -0.25) is 4.79 Å². The van der Waals surface area contributed by atoms with Crippen LogP contribution in [-0.2, 0) is 5.60 Å². The lowest BCUT2D eigenvalue weighted by Crippen LogP contribution is -2.58. The first-order valence-electron chi connectivity index (χ1n) is 9.34. The highest BCUT2D eigenvalue weighted by Gasteiger charge is 2.50. The van der Waals surface area contributed by atoms with Crippen LogP contribution in [0.1, 0.15) is 48.0 Å². The monoisotopic (exact) mass is 335 g/mol. The van der Waals surface area contributed by atoms with Crippen LogP contribution in [0.25, 0.3) is 0 Å². The molecule has 4 rings (SSSR count). The SMILES string of the molecule is O=C(c1ccccc1)N1CCC(O)(c2ccccc2)[C@H]2CCCC[C@H]21. The van der Waals surface area contributed by atoms with Gasteiger partial charge < -0.3 is 10.0 Å². The van der Waals surface area contributed by atoms with E-state index >= 15 is 0 Å². The maximum absolute atomic E-state index is 13.0. The Bertz CT molecular complexity index is 730. The number of amides is 1. The van der Waals surface area contributed by atoms with Crippen molar-refractivity contribution >= 4 is 5.91 Å². The largest absolute Gasteiger partial charge is 0.385 e. The molecule has 1 amide bonds. The van der Waals surface area contributed by atoms with Gasteiger partial charge in [-0.25, -0.2) is 0 Å². The summed E-state index contributed by atoms with van der Waals surface area (Å²) in [7, 11) is 0. The molecule has 0 spiro atoms. The summed E-state index contributed by atoms with van der Waals surface area (Å²) in [6, 6.07) is 19.7. The van der Waals surface area contributed by atoms with Crippen LogP contribution in [-0.4, -0.2) is 28.5 Å². The summed E-state index contributed by atoms with van der Waals surface area (Å²) in [6.07, 6.45) is 4.83. The summed E-state index contributed by atoms with van der Waals surface area (Å²) in [5, 5.41) is 11.6. The van der Waals surface area contributed by atoms with Crippen LogP contribution in [0.15, 0.2) is 60.7 Å². The van der Waals surface area contributed by atoms with E-state index in [1.807, 2.05) is 65.6 Å². The van der Waals surface area contributed by atoms with Crippen molar-refractivity contribution in [3.63, 3.8) is 0 Å². The molecule has 2 aromatic rings. The Morgan fingerprint density at radius 2 is 1.60 bits per heavy atom. The molecule has 1 heterocycles. The zero-order chi connectivity index (χ0) is 17.3. The lowest BCUT2D eigenvalue weighted by molar-refractivity contribution is -0.110. The number of fused-ring (bicyclic) bond motifs is 1. The molecule has 3 heteroatoms. The zero-order valence-corrected chi connectivity index (χ0v) is 14.5. The number of rotatable bonds is 2. The van der Waals surface area contributed by atoms with Crippen LogP contribution in [0.2, 0.25) is 0 Å². The topological polar surface area (TPSA) is 40.5 Å². The zero-order valence-electron chi connectivity index (χ0n) is 14.5. The third kappa shape index (κ3) is 2.87. The number of hydrogen-bond acceptors (Lipinski definition) is 2. The molecule has 1 saturated heterocycles. The molecule has 2 aliphatic rings. The number of hydrogen-bond donors (Lipinski definition) is 1. The van der Waals surface area contributed by atoms with Crippen molar-refractivity contribution in [1.29, 1.82) is 0 Å². The molecular formula is C22H25NO2. The third-order valence-electron chi connectivity index (χ3n) is 6.03. The predicted octanol–water partition coefficient (Wildman–Crippen LogP) is 3.98. The molecule has 3 nitrogen and oxygen atoms in total. The van der Waals surface area contributed by atoms with Crippen LogP contribution in [0, 0.1) is 5.92 Å². The molecule has 1 N–H and O–H groups in total. The minimum absolute atomic E-state index is 0.104. The van der Waals surface area contributed by atoms with E-state index in [1.165, 1.54) is 0 Å². The standard InChI is InChI=1S/C22H25NO2/c24-21(17-9-3-1-4-10-17)23-16-15-22(25,18-11-5-2-6-12-18)19-13-7-8-14-20(19)23/h1-6,9-12,19-20,25H,7-8,13-16H2/t19-,20+,22?/m0/s1. The van der Waals surface area contributed by atoms with Crippen molar-refractivity contribution < 1.29 is 9.90 Å². The average molecular weight is 335 g/mol. The van der Waals surface area contributed by atoms with Crippen LogP contribution in [0.4, 0.5) is 0 Å². The first-order valence-corrected chi connectivity index (χ1v) is 9.34. The van der Waals surface area contributed by atoms with E-state index in [4.69, 9.17) is 0 Å². The molecule has 1 aliphatic heterocycles. The quantitative estimate of drug-likeness (QED) is 0.902. The molecule has 130 valence electrons. The van der Waals surface area contributed by atoms with Gasteiger partial charge in [0.15, 0.2) is 0 Å². The fraction of sp³-hybridized carbons (Fsp3) is 0.409. The summed E-state index contributed by atoms with van der Waals surface area (Å²) in [5.41, 5.74) is 0.926. The van der Waals surface area contributed by atoms with Crippen LogP contribution in [0.3, 0.4) is 0 Å². The minimum atomic E-state index is -0.820. The minimum Gasteiger partial charge on any atom is -0.385 e. The maximum atomic E-state index is 13.0. The van der Waals surface area contributed by atoms with E-state index in [0.717, 1.165) is 36.8 Å². The van der Waals surface area contributed by atoms with E-state index < -0.39 is 5.60 Å². The maximum Gasteiger partial charge on any atom is 0.254 e. The highest BCUT2D eigenvalue weighted by molar-refractivity contribution is 5.94. The number of aliphatic hydroxyl groups is 1. The van der Waals surface area contributed by atoms with Crippen LogP contribution in [0.5, 0.6) is 0 Å². The van der Waals surface area contributed by atoms with Gasteiger partial charge in [-0.2, -0.15) is 0 Å². The first kappa shape index (κ1) is 16.3. The summed E-state index contributed by atoms with van der Waals surface area (Å²) in [6.45, 7) is 0.611. The number of likely N-dealkylation sites (tertiary alicyclic amines) is 1. The van der Waals surface area contributed by atoms with Crippen molar-refractivity contribution in [2.24, 2.45) is 5.92 Å². The fourth-order valence-corrected chi connectivity index (χ4v) is 4.77. The van der Waals surface area contributed by atoms with E-state index in [0.29, 0.717) is 13.0 Å². The van der Waals surface area contributed by atoms with Gasteiger partial charge in [0, 0.05) is 24.1 Å². The second-order valence-corrected chi connectivity index (χ2v) is 7.36. The van der Waals surface area contributed by atoms with Crippen molar-refractivity contribution in [2.75, 3.05) is 6.54 Å². The molecule has 1 saturated carbocycles. The Morgan fingerprint density at radius 1 is 0.960 bits per heavy atom. The van der Waals surface area contributed by atoms with Crippen molar-refractivity contribution in [2.45, 2.75) is 43.7 Å². The molecule has 3 atom stereocenters. The van der Waals surface area contributed by atoms with Crippen molar-refractivity contribution in [3.8, 4) is 0 Å². The normalized spacial score (nSPS) is 29.1. The smallest absolute Gasteiger partial charge is 0.254 e. The average Bonchev–Trinajstić information content (AvgIpc) is 2.69. The molecular weight excluding hydrogens is 310 g/mol. The molecule has 2 fully saturated rings. The molecule has 0 radical (unpaired) electrons. The molecule has 2 aromatic carbocycles. The van der Waals surface area contributed by atoms with Gasteiger partial charge in [-0.1, -0.05) is 61.4 Å². The Hall–Kier alpha value is -2.13. The van der Waals surface area contributed by atoms with E-state index in [-0.39, 0.29) is 17.9 Å². The summed E-state index contributed by atoms with van der Waals surface area (Å²) >= 11 is 0. The van der Waals surface area contributed by atoms with E-state index in [9.17, 15) is 9.90 Å². The first-order chi connectivity index (χ1) is 12.2. The lowest BCUT2D eigenvalue weighted by Gasteiger charge is -2.52. The van der Waals surface area contributed by atoms with E-state index in [1.54, 1.807) is 0 Å². The van der Waals surface area contributed by atoms with Gasteiger partial charge in [0.05, 0.1) is 5.60 Å². The molecule has 1 unspecified atom stereocenters. The summed E-state index contributed by atoms with van der Waals surface area (Å²) in [4.78, 5) is 15.1. The number of benzene rings is 2. The number of nitrogens with zero attached hydrogens (tertiary/aromatic N) is 1. The predicted molar refractivity (Wildman–Crippen MR) is 98.2 cm³/mol. The Kier molecular flexibility index (Phi) is 4.34. The number of carbonyl (C=O) groups is 1. The number of piperidine rings is 1. The van der Waals surface area contributed by atoms with Gasteiger partial charge in [0.25, 0.3) is 5.91 Å². The fourth-order valence-electron chi connectivity index (χ4n) is 4.77. The van der Waals surface area contributed by atoms with Crippen molar-refractivity contribution in [1.82, 2.24) is 4.90 Å². The summed E-state index contributed by atoms with van der Waals surface area (Å²) < 4.78 is 0. The van der Waals surface area contributed by atoms with Crippen molar-refractivity contribution in [3.05, 3.63) is 71.8 Å². The molecule has 1 aliphatic carbocycles. The second kappa shape index (κ2) is 6.64. The highest BCUT2D eigenvalue weighted by Crippen LogP contribution is 2.47. The molecule has 25 heavy (non-hydrogen) atoms. The van der Waals surface area contributed by atoms with Gasteiger partial charge in [0.2, 0.25) is 0 Å². The highest BCUT2D eigenvalue weighted by atomic mass is 16.3. The van der Waals surface area contributed by atoms with Gasteiger partial charge in [-0.15, -0.1) is 0 Å². The summed E-state index contributed by atoms with van der Waals surface area (Å²) in [5.74, 6) is 0.220. The molecule has 0 aromatic heterocycles. The van der Waals surface area contributed by atoms with Crippen LogP contribution < -0.4 is 0 Å². The third-order valence-corrected chi connectivity index (χ3v) is 6.03. The van der Waals surface area contributed by atoms with E-state index in [2.05, 4.69) is 0 Å². The lowest BCUT2D eigenvalue weighted by atomic mass is 9.66. The Labute approximate surface area is 149 Å². The van der Waals surface area contributed by atoms with Gasteiger partial charge >= 0.3 is 0 Å². The number of carbonyl (C=O) groups excluding carboxylic acids is 1. The Balaban J connectivity index is 1.66.